The quantitative estimate of drug-likeness (QED) is 0.383. The van der Waals surface area contributed by atoms with E-state index in [0.717, 1.165) is 0 Å². The van der Waals surface area contributed by atoms with Gasteiger partial charge in [-0.1, -0.05) is 6.07 Å². The minimum absolute atomic E-state index is 0.0494. The molecule has 2 aromatic carbocycles. The van der Waals surface area contributed by atoms with Gasteiger partial charge in [0.1, 0.15) is 0 Å². The highest BCUT2D eigenvalue weighted by atomic mass is 17.2. The summed E-state index contributed by atoms with van der Waals surface area (Å²) in [5.41, 5.74) is 0.565. The Morgan fingerprint density at radius 2 is 1.36 bits per heavy atom. The molecule has 28 heavy (non-hydrogen) atoms. The molecule has 0 aromatic heterocycles. The van der Waals surface area contributed by atoms with Crippen LogP contribution in [0.2, 0.25) is 0 Å². The second-order valence-corrected chi connectivity index (χ2v) is 5.99. The van der Waals surface area contributed by atoms with Crippen LogP contribution < -0.4 is 0 Å². The van der Waals surface area contributed by atoms with Crippen molar-refractivity contribution in [3.05, 3.63) is 69.8 Å². The van der Waals surface area contributed by atoms with E-state index in [2.05, 4.69) is 14.5 Å². The van der Waals surface area contributed by atoms with Gasteiger partial charge in [0.2, 0.25) is 6.29 Å². The fourth-order valence-corrected chi connectivity index (χ4v) is 2.89. The first-order valence-corrected chi connectivity index (χ1v) is 7.97. The zero-order chi connectivity index (χ0) is 20.0. The van der Waals surface area contributed by atoms with Crippen molar-refractivity contribution in [1.82, 2.24) is 0 Å². The summed E-state index contributed by atoms with van der Waals surface area (Å²) in [6, 6.07) is 7.62. The Bertz CT molecular complexity index is 998. The van der Waals surface area contributed by atoms with Crippen molar-refractivity contribution in [3.8, 4) is 0 Å². The van der Waals surface area contributed by atoms with E-state index >= 15 is 0 Å². The fraction of sp³-hybridized carbons (Fsp3) is 0.167. The summed E-state index contributed by atoms with van der Waals surface area (Å²) in [7, 11) is 0. The minimum atomic E-state index is -1.49. The molecule has 3 unspecified atom stereocenters. The molecule has 2 aromatic rings. The van der Waals surface area contributed by atoms with E-state index in [0.29, 0.717) is 5.56 Å². The van der Waals surface area contributed by atoms with Crippen molar-refractivity contribution in [3.63, 3.8) is 0 Å². The van der Waals surface area contributed by atoms with Gasteiger partial charge in [-0.25, -0.2) is 24.2 Å². The van der Waals surface area contributed by atoms with E-state index in [1.165, 1.54) is 36.4 Å². The highest BCUT2D eigenvalue weighted by Gasteiger charge is 2.32. The number of benzene rings is 2. The lowest BCUT2D eigenvalue weighted by Crippen LogP contribution is -2.13. The Kier molecular flexibility index (Phi) is 4.32. The predicted molar refractivity (Wildman–Crippen MR) is 85.1 cm³/mol. The summed E-state index contributed by atoms with van der Waals surface area (Å²) < 4.78 is 9.40. The van der Waals surface area contributed by atoms with Crippen LogP contribution in [0.1, 0.15) is 66.6 Å². The molecule has 3 N–H and O–H groups in total. The van der Waals surface area contributed by atoms with E-state index < -0.39 is 36.8 Å². The van der Waals surface area contributed by atoms with Crippen LogP contribution in [-0.2, 0) is 19.2 Å². The number of ether oxygens (including phenoxy) is 2. The smallest absolute Gasteiger partial charge is 0.386 e. The van der Waals surface area contributed by atoms with Crippen LogP contribution in [0.15, 0.2) is 36.4 Å². The Morgan fingerprint density at radius 3 is 2.04 bits per heavy atom. The van der Waals surface area contributed by atoms with Crippen LogP contribution in [0.25, 0.3) is 0 Å². The maximum atomic E-state index is 12.1. The predicted octanol–water partition coefficient (Wildman–Crippen LogP) is 0.789. The second kappa shape index (κ2) is 6.69. The molecule has 10 nitrogen and oxygen atoms in total. The molecule has 0 saturated heterocycles. The SMILES string of the molecule is O=C(OOC(=O)c1ccc2c(c1)C(O)OC2O)c1ccc2c(c1)C(O)OC2=O. The second-order valence-electron chi connectivity index (χ2n) is 5.99. The molecular weight excluding hydrogens is 376 g/mol. The number of carbonyl (C=O) groups is 3. The van der Waals surface area contributed by atoms with Gasteiger partial charge in [0, 0.05) is 16.7 Å². The topological polar surface area (TPSA) is 149 Å². The van der Waals surface area contributed by atoms with Gasteiger partial charge in [0.05, 0.1) is 16.7 Å². The van der Waals surface area contributed by atoms with Gasteiger partial charge in [0.25, 0.3) is 0 Å². The number of cyclic esters (lactones) is 1. The Morgan fingerprint density at radius 1 is 0.786 bits per heavy atom. The number of carbonyl (C=O) groups excluding carboxylic acids is 3. The molecule has 0 saturated carbocycles. The molecule has 4 rings (SSSR count). The molecule has 10 heteroatoms. The zero-order valence-electron chi connectivity index (χ0n) is 13.9. The number of hydrogen-bond acceptors (Lipinski definition) is 10. The zero-order valence-corrected chi connectivity index (χ0v) is 13.9. The van der Waals surface area contributed by atoms with Gasteiger partial charge in [-0.05, 0) is 30.3 Å². The number of hydrogen-bond donors (Lipinski definition) is 3. The molecule has 2 heterocycles. The first kappa shape index (κ1) is 18.1. The lowest BCUT2D eigenvalue weighted by molar-refractivity contribution is -0.193. The molecule has 0 aliphatic carbocycles. The molecular formula is C18H12O10. The van der Waals surface area contributed by atoms with E-state index in [1.54, 1.807) is 0 Å². The van der Waals surface area contributed by atoms with Gasteiger partial charge < -0.3 is 24.8 Å². The van der Waals surface area contributed by atoms with Crippen LogP contribution in [0, 0.1) is 0 Å². The van der Waals surface area contributed by atoms with E-state index in [9.17, 15) is 29.7 Å². The van der Waals surface area contributed by atoms with Crippen molar-refractivity contribution in [2.45, 2.75) is 18.9 Å². The van der Waals surface area contributed by atoms with Crippen molar-refractivity contribution < 1.29 is 49.0 Å². The highest BCUT2D eigenvalue weighted by Crippen LogP contribution is 2.36. The summed E-state index contributed by atoms with van der Waals surface area (Å²) in [6.07, 6.45) is -4.20. The molecule has 2 aliphatic heterocycles. The summed E-state index contributed by atoms with van der Waals surface area (Å²) in [4.78, 5) is 44.5. The van der Waals surface area contributed by atoms with E-state index in [1.807, 2.05) is 0 Å². The Labute approximate surface area is 156 Å². The van der Waals surface area contributed by atoms with Crippen LogP contribution in [0.5, 0.6) is 0 Å². The average Bonchev–Trinajstić information content (AvgIpc) is 3.14. The molecule has 0 amide bonds. The van der Waals surface area contributed by atoms with Crippen LogP contribution in [0.3, 0.4) is 0 Å². The largest absolute Gasteiger partial charge is 0.428 e. The van der Waals surface area contributed by atoms with E-state index in [-0.39, 0.29) is 27.8 Å². The molecule has 2 aliphatic rings. The maximum Gasteiger partial charge on any atom is 0.386 e. The third-order valence-electron chi connectivity index (χ3n) is 4.30. The lowest BCUT2D eigenvalue weighted by atomic mass is 10.1. The highest BCUT2D eigenvalue weighted by molar-refractivity contribution is 5.97. The third-order valence-corrected chi connectivity index (χ3v) is 4.30. The summed E-state index contributed by atoms with van der Waals surface area (Å²) in [6.45, 7) is 0. The normalized spacial score (nSPS) is 22.2. The first-order chi connectivity index (χ1) is 13.3. The molecule has 0 radical (unpaired) electrons. The van der Waals surface area contributed by atoms with Crippen molar-refractivity contribution >= 4 is 17.9 Å². The number of aliphatic hydroxyl groups is 3. The summed E-state index contributed by atoms with van der Waals surface area (Å²) >= 11 is 0. The average molecular weight is 388 g/mol. The number of esters is 1. The van der Waals surface area contributed by atoms with Crippen LogP contribution in [0.4, 0.5) is 0 Å². The van der Waals surface area contributed by atoms with Gasteiger partial charge >= 0.3 is 17.9 Å². The molecule has 3 atom stereocenters. The van der Waals surface area contributed by atoms with Crippen molar-refractivity contribution in [2.24, 2.45) is 0 Å². The van der Waals surface area contributed by atoms with Crippen molar-refractivity contribution in [2.75, 3.05) is 0 Å². The lowest BCUT2D eigenvalue weighted by Gasteiger charge is -2.07. The Hall–Kier alpha value is -3.31. The minimum Gasteiger partial charge on any atom is -0.428 e. The third kappa shape index (κ3) is 3.00. The van der Waals surface area contributed by atoms with Gasteiger partial charge in [0.15, 0.2) is 12.6 Å². The number of rotatable bonds is 2. The first-order valence-electron chi connectivity index (χ1n) is 7.97. The monoisotopic (exact) mass is 388 g/mol. The van der Waals surface area contributed by atoms with Gasteiger partial charge in [-0.2, -0.15) is 0 Å². The van der Waals surface area contributed by atoms with Crippen LogP contribution >= 0.6 is 0 Å². The number of aliphatic hydroxyl groups excluding tert-OH is 3. The standard InChI is InChI=1S/C18H12O10/c19-13(7-1-3-9-11(5-7)17(23)25-15(9)21)27-28-14(20)8-2-4-10-12(6-8)18(24)26-16(10)22/h1-6,15,17-18,21,23-24H. The fourth-order valence-electron chi connectivity index (χ4n) is 2.89. The molecule has 0 bridgehead atoms. The molecule has 0 fully saturated rings. The molecule has 0 spiro atoms. The number of fused-ring (bicyclic) bond motifs is 2. The van der Waals surface area contributed by atoms with Gasteiger partial charge in [-0.3, -0.25) is 0 Å². The Balaban J connectivity index is 1.44. The van der Waals surface area contributed by atoms with Gasteiger partial charge in [-0.15, -0.1) is 0 Å². The summed E-state index contributed by atoms with van der Waals surface area (Å²) in [5, 5.41) is 28.8. The molecule has 144 valence electrons. The summed E-state index contributed by atoms with van der Waals surface area (Å²) in [5.74, 6) is -2.78. The van der Waals surface area contributed by atoms with E-state index in [4.69, 9.17) is 4.74 Å². The van der Waals surface area contributed by atoms with Crippen LogP contribution in [-0.4, -0.2) is 33.2 Å². The maximum absolute atomic E-state index is 12.1. The van der Waals surface area contributed by atoms with Crippen molar-refractivity contribution in [1.29, 1.82) is 0 Å².